The van der Waals surface area contributed by atoms with Gasteiger partial charge in [-0.25, -0.2) is 0 Å². The van der Waals surface area contributed by atoms with Crippen LogP contribution in [-0.4, -0.2) is 4.57 Å². The Kier molecular flexibility index (Phi) is 1.87. The van der Waals surface area contributed by atoms with Crippen LogP contribution in [0.5, 0.6) is 0 Å². The second-order valence-corrected chi connectivity index (χ2v) is 5.25. The molecule has 2 aromatic rings. The first-order valence-electron chi connectivity index (χ1n) is 5.03. The first-order chi connectivity index (χ1) is 6.77. The molecule has 0 N–H and O–H groups in total. The Morgan fingerprint density at radius 2 is 2.14 bits per heavy atom. The molecule has 1 aliphatic rings. The van der Waals surface area contributed by atoms with Crippen molar-refractivity contribution in [1.82, 2.24) is 4.57 Å². The van der Waals surface area contributed by atoms with Crippen LogP contribution in [0.4, 0.5) is 0 Å². The van der Waals surface area contributed by atoms with Crippen molar-refractivity contribution in [2.24, 2.45) is 0 Å². The third-order valence-electron chi connectivity index (χ3n) is 2.96. The summed E-state index contributed by atoms with van der Waals surface area (Å²) in [5, 5.41) is 1.44. The van der Waals surface area contributed by atoms with E-state index in [1.54, 1.807) is 0 Å². The first-order valence-corrected chi connectivity index (χ1v) is 6.11. The van der Waals surface area contributed by atoms with Gasteiger partial charge in [0.05, 0.1) is 0 Å². The number of hydrogen-bond acceptors (Lipinski definition) is 0. The van der Waals surface area contributed by atoms with Crippen LogP contribution >= 0.6 is 22.6 Å². The first kappa shape index (κ1) is 8.77. The summed E-state index contributed by atoms with van der Waals surface area (Å²) in [4.78, 5) is 0. The molecule has 1 aliphatic carbocycles. The van der Waals surface area contributed by atoms with Crippen molar-refractivity contribution in [2.75, 3.05) is 0 Å². The smallest absolute Gasteiger partial charge is 0.0496 e. The second-order valence-electron chi connectivity index (χ2n) is 4.08. The van der Waals surface area contributed by atoms with E-state index in [4.69, 9.17) is 0 Å². The average Bonchev–Trinajstić information content (AvgIpc) is 2.93. The van der Waals surface area contributed by atoms with Gasteiger partial charge in [0.2, 0.25) is 0 Å². The van der Waals surface area contributed by atoms with Crippen LogP contribution in [-0.2, 0) is 0 Å². The number of fused-ring (bicyclic) bond motifs is 1. The Balaban J connectivity index is 2.37. The van der Waals surface area contributed by atoms with Crippen molar-refractivity contribution in [3.8, 4) is 0 Å². The highest BCUT2D eigenvalue weighted by Crippen LogP contribution is 2.39. The van der Waals surface area contributed by atoms with Crippen LogP contribution in [0.25, 0.3) is 10.9 Å². The summed E-state index contributed by atoms with van der Waals surface area (Å²) in [6, 6.07) is 7.37. The molecule has 72 valence electrons. The molecular weight excluding hydrogens is 285 g/mol. The number of hydrogen-bond donors (Lipinski definition) is 0. The van der Waals surface area contributed by atoms with Gasteiger partial charge in [-0.3, -0.25) is 0 Å². The summed E-state index contributed by atoms with van der Waals surface area (Å²) in [5.41, 5.74) is 2.81. The predicted octanol–water partition coefficient (Wildman–Crippen LogP) is 3.89. The predicted molar refractivity (Wildman–Crippen MR) is 67.7 cm³/mol. The lowest BCUT2D eigenvalue weighted by Gasteiger charge is -2.02. The summed E-state index contributed by atoms with van der Waals surface area (Å²) in [5.74, 6) is 0. The molecule has 0 amide bonds. The van der Waals surface area contributed by atoms with Crippen LogP contribution in [0.2, 0.25) is 0 Å². The van der Waals surface area contributed by atoms with Gasteiger partial charge in [-0.1, -0.05) is 12.1 Å². The van der Waals surface area contributed by atoms with Crippen LogP contribution in [0.3, 0.4) is 0 Å². The molecule has 0 saturated heterocycles. The number of benzene rings is 1. The minimum atomic E-state index is 0.780. The van der Waals surface area contributed by atoms with E-state index in [9.17, 15) is 0 Å². The zero-order chi connectivity index (χ0) is 9.71. The molecule has 1 aromatic carbocycles. The fourth-order valence-corrected chi connectivity index (χ4v) is 3.09. The monoisotopic (exact) mass is 297 g/mol. The molecule has 0 aliphatic heterocycles. The number of halogens is 1. The van der Waals surface area contributed by atoms with E-state index < -0.39 is 0 Å². The van der Waals surface area contributed by atoms with Crippen molar-refractivity contribution in [3.05, 3.63) is 33.5 Å². The van der Waals surface area contributed by atoms with Gasteiger partial charge >= 0.3 is 0 Å². The fourth-order valence-electron chi connectivity index (χ4n) is 2.09. The highest BCUT2D eigenvalue weighted by atomic mass is 127. The maximum absolute atomic E-state index is 2.45. The maximum atomic E-state index is 2.45. The van der Waals surface area contributed by atoms with Crippen LogP contribution in [0.1, 0.15) is 24.4 Å². The second kappa shape index (κ2) is 2.99. The Morgan fingerprint density at radius 1 is 1.36 bits per heavy atom. The third kappa shape index (κ3) is 1.20. The van der Waals surface area contributed by atoms with Crippen molar-refractivity contribution >= 4 is 33.5 Å². The van der Waals surface area contributed by atoms with Crippen molar-refractivity contribution in [3.63, 3.8) is 0 Å². The van der Waals surface area contributed by atoms with E-state index in [0.29, 0.717) is 0 Å². The van der Waals surface area contributed by atoms with Gasteiger partial charge in [0.1, 0.15) is 0 Å². The topological polar surface area (TPSA) is 4.93 Å². The standard InChI is InChI=1S/C12H12IN/c1-8-3-2-4-11-12(8)10(13)7-14(11)9-5-6-9/h2-4,7,9H,5-6H2,1H3. The Morgan fingerprint density at radius 3 is 2.86 bits per heavy atom. The normalized spacial score (nSPS) is 16.4. The lowest BCUT2D eigenvalue weighted by Crippen LogP contribution is -1.90. The van der Waals surface area contributed by atoms with Gasteiger partial charge in [-0.05, 0) is 54.0 Å². The van der Waals surface area contributed by atoms with Crippen molar-refractivity contribution in [1.29, 1.82) is 0 Å². The molecule has 1 nitrogen and oxygen atoms in total. The van der Waals surface area contributed by atoms with Gasteiger partial charge < -0.3 is 4.57 Å². The molecule has 0 atom stereocenters. The molecule has 0 unspecified atom stereocenters. The number of nitrogens with zero attached hydrogens (tertiary/aromatic N) is 1. The molecule has 3 rings (SSSR count). The van der Waals surface area contributed by atoms with Crippen LogP contribution in [0, 0.1) is 10.5 Å². The Hall–Kier alpha value is -0.510. The van der Waals surface area contributed by atoms with Crippen molar-refractivity contribution in [2.45, 2.75) is 25.8 Å². The highest BCUT2D eigenvalue weighted by molar-refractivity contribution is 14.1. The SMILES string of the molecule is Cc1cccc2c1c(I)cn2C1CC1. The van der Waals surface area contributed by atoms with E-state index in [1.807, 2.05) is 0 Å². The van der Waals surface area contributed by atoms with E-state index in [-0.39, 0.29) is 0 Å². The molecule has 1 aromatic heterocycles. The summed E-state index contributed by atoms with van der Waals surface area (Å²) in [7, 11) is 0. The highest BCUT2D eigenvalue weighted by Gasteiger charge is 2.25. The minimum absolute atomic E-state index is 0.780. The summed E-state index contributed by atoms with van der Waals surface area (Å²) >= 11 is 2.44. The van der Waals surface area contributed by atoms with Crippen molar-refractivity contribution < 1.29 is 0 Å². The minimum Gasteiger partial charge on any atom is -0.343 e. The lowest BCUT2D eigenvalue weighted by molar-refractivity contribution is 0.774. The molecule has 1 saturated carbocycles. The lowest BCUT2D eigenvalue weighted by atomic mass is 10.1. The number of aromatic nitrogens is 1. The van der Waals surface area contributed by atoms with Gasteiger partial charge in [0.25, 0.3) is 0 Å². The third-order valence-corrected chi connectivity index (χ3v) is 3.78. The quantitative estimate of drug-likeness (QED) is 0.704. The maximum Gasteiger partial charge on any atom is 0.0496 e. The van der Waals surface area contributed by atoms with Gasteiger partial charge in [-0.2, -0.15) is 0 Å². The van der Waals surface area contributed by atoms with Crippen LogP contribution in [0.15, 0.2) is 24.4 Å². The number of rotatable bonds is 1. The molecular formula is C12H12IN. The molecule has 0 bridgehead atoms. The van der Waals surface area contributed by atoms with Gasteiger partial charge in [0.15, 0.2) is 0 Å². The molecule has 2 heteroatoms. The van der Waals surface area contributed by atoms with Gasteiger partial charge in [-0.15, -0.1) is 0 Å². The zero-order valence-corrected chi connectivity index (χ0v) is 10.3. The van der Waals surface area contributed by atoms with E-state index in [0.717, 1.165) is 6.04 Å². The number of aryl methyl sites for hydroxylation is 1. The average molecular weight is 297 g/mol. The molecule has 14 heavy (non-hydrogen) atoms. The van der Waals surface area contributed by atoms with Gasteiger partial charge in [0, 0.05) is 26.7 Å². The Bertz CT molecular complexity index is 494. The molecule has 1 fully saturated rings. The fraction of sp³-hybridized carbons (Fsp3) is 0.333. The largest absolute Gasteiger partial charge is 0.343 e. The summed E-state index contributed by atoms with van der Waals surface area (Å²) < 4.78 is 3.84. The summed E-state index contributed by atoms with van der Waals surface area (Å²) in [6.45, 7) is 2.20. The van der Waals surface area contributed by atoms with E-state index >= 15 is 0 Å². The molecule has 1 heterocycles. The zero-order valence-electron chi connectivity index (χ0n) is 8.13. The molecule has 0 radical (unpaired) electrons. The van der Waals surface area contributed by atoms with Crippen LogP contribution < -0.4 is 0 Å². The summed E-state index contributed by atoms with van der Waals surface area (Å²) in [6.07, 6.45) is 5.01. The molecule has 0 spiro atoms. The van der Waals surface area contributed by atoms with E-state index in [2.05, 4.69) is 58.5 Å². The Labute approximate surface area is 97.2 Å². The van der Waals surface area contributed by atoms with E-state index in [1.165, 1.54) is 32.9 Å².